The molecular weight excluding hydrogens is 444 g/mol. The zero-order valence-electron chi connectivity index (χ0n) is 21.7. The molecule has 4 aliphatic carbocycles. The number of rotatable bonds is 8. The first kappa shape index (κ1) is 24.5. The summed E-state index contributed by atoms with van der Waals surface area (Å²) in [5.41, 5.74) is 2.15. The van der Waals surface area contributed by atoms with Crippen LogP contribution in [0.1, 0.15) is 86.1 Å². The number of ether oxygens (including phenoxy) is 2. The third-order valence-electron chi connectivity index (χ3n) is 9.26. The normalized spacial score (nSPS) is 32.2. The Morgan fingerprint density at radius 1 is 1.09 bits per heavy atom. The van der Waals surface area contributed by atoms with Crippen LogP contribution in [0.4, 0.5) is 0 Å². The molecule has 4 bridgehead atoms. The van der Waals surface area contributed by atoms with Crippen LogP contribution in [0.25, 0.3) is 0 Å². The number of aryl methyl sites for hydroxylation is 1. The second-order valence-corrected chi connectivity index (χ2v) is 11.8. The van der Waals surface area contributed by atoms with Gasteiger partial charge >= 0.3 is 5.97 Å². The molecule has 7 nitrogen and oxygen atoms in total. The number of carbonyl (C=O) groups excluding carboxylic acids is 3. The van der Waals surface area contributed by atoms with E-state index in [-0.39, 0.29) is 29.8 Å². The van der Waals surface area contributed by atoms with E-state index in [0.717, 1.165) is 37.1 Å². The van der Waals surface area contributed by atoms with Gasteiger partial charge in [0.1, 0.15) is 6.04 Å². The van der Waals surface area contributed by atoms with Crippen molar-refractivity contribution in [3.63, 3.8) is 0 Å². The van der Waals surface area contributed by atoms with Crippen LogP contribution in [0.5, 0.6) is 0 Å². The van der Waals surface area contributed by atoms with Crippen molar-refractivity contribution in [3.05, 3.63) is 23.0 Å². The fourth-order valence-electron chi connectivity index (χ4n) is 8.30. The Hall–Kier alpha value is -2.15. The smallest absolute Gasteiger partial charge is 0.329 e. The lowest BCUT2D eigenvalue weighted by atomic mass is 9.49. The molecule has 5 fully saturated rings. The zero-order valence-corrected chi connectivity index (χ0v) is 21.7. The topological polar surface area (TPSA) is 77.8 Å². The van der Waals surface area contributed by atoms with Crippen molar-refractivity contribution in [1.29, 1.82) is 0 Å². The number of Topliss-reactive ketones (excluding diaryl/α,β-unsaturated/α-hetero) is 1. The molecule has 2 heterocycles. The number of carbonyl (C=O) groups is 3. The number of aromatic nitrogens is 1. The Morgan fingerprint density at radius 2 is 1.71 bits per heavy atom. The molecule has 35 heavy (non-hydrogen) atoms. The van der Waals surface area contributed by atoms with Crippen molar-refractivity contribution in [1.82, 2.24) is 9.47 Å². The number of esters is 1. The van der Waals surface area contributed by atoms with E-state index in [0.29, 0.717) is 42.9 Å². The molecule has 1 aliphatic heterocycles. The molecule has 7 heteroatoms. The molecule has 1 saturated heterocycles. The Morgan fingerprint density at radius 3 is 2.31 bits per heavy atom. The van der Waals surface area contributed by atoms with Crippen molar-refractivity contribution in [2.45, 2.75) is 84.2 Å². The van der Waals surface area contributed by atoms with Gasteiger partial charge < -0.3 is 18.9 Å². The Labute approximate surface area is 208 Å². The predicted octanol–water partition coefficient (Wildman–Crippen LogP) is 4.25. The molecule has 2 atom stereocenters. The molecule has 0 radical (unpaired) electrons. The van der Waals surface area contributed by atoms with Gasteiger partial charge in [0.05, 0.1) is 18.1 Å². The summed E-state index contributed by atoms with van der Waals surface area (Å²) in [6, 6.07) is 1.40. The summed E-state index contributed by atoms with van der Waals surface area (Å²) >= 11 is 0. The van der Waals surface area contributed by atoms with Gasteiger partial charge in [0.2, 0.25) is 11.7 Å². The van der Waals surface area contributed by atoms with Crippen LogP contribution in [0.3, 0.4) is 0 Å². The van der Waals surface area contributed by atoms with Gasteiger partial charge in [-0.2, -0.15) is 0 Å². The highest BCUT2D eigenvalue weighted by atomic mass is 16.5. The predicted molar refractivity (Wildman–Crippen MR) is 131 cm³/mol. The minimum absolute atomic E-state index is 0.103. The van der Waals surface area contributed by atoms with Crippen molar-refractivity contribution >= 4 is 17.7 Å². The molecule has 1 aromatic rings. The number of methoxy groups -OCH3 is 1. The third-order valence-corrected chi connectivity index (χ3v) is 9.26. The van der Waals surface area contributed by atoms with Crippen LogP contribution in [-0.2, 0) is 19.1 Å². The number of hydrogen-bond donors (Lipinski definition) is 0. The highest BCUT2D eigenvalue weighted by molar-refractivity contribution is 5.99. The van der Waals surface area contributed by atoms with Gasteiger partial charge in [-0.15, -0.1) is 0 Å². The van der Waals surface area contributed by atoms with Crippen LogP contribution < -0.4 is 0 Å². The Kier molecular flexibility index (Phi) is 6.58. The molecular formula is C28H40N2O5. The minimum atomic E-state index is -0.558. The lowest BCUT2D eigenvalue weighted by molar-refractivity contribution is -0.165. The molecule has 1 aromatic heterocycles. The molecule has 192 valence electrons. The number of likely N-dealkylation sites (tertiary alicyclic amines) is 1. The molecule has 0 unspecified atom stereocenters. The highest BCUT2D eigenvalue weighted by Gasteiger charge is 2.57. The van der Waals surface area contributed by atoms with Gasteiger partial charge in [0.25, 0.3) is 0 Å². The summed E-state index contributed by atoms with van der Waals surface area (Å²) in [5.74, 6) is 1.58. The van der Waals surface area contributed by atoms with Crippen molar-refractivity contribution in [2.24, 2.45) is 23.2 Å². The summed E-state index contributed by atoms with van der Waals surface area (Å²) in [4.78, 5) is 41.7. The molecule has 5 aliphatic rings. The zero-order chi connectivity index (χ0) is 24.9. The van der Waals surface area contributed by atoms with Crippen LogP contribution in [0, 0.1) is 37.0 Å². The van der Waals surface area contributed by atoms with E-state index >= 15 is 0 Å². The van der Waals surface area contributed by atoms with Crippen LogP contribution in [0.2, 0.25) is 0 Å². The third kappa shape index (κ3) is 4.34. The first-order chi connectivity index (χ1) is 16.7. The molecule has 0 N–H and O–H groups in total. The molecule has 0 aromatic carbocycles. The largest absolute Gasteiger partial charge is 0.456 e. The SMILES string of the molecule is COC[C@H](C)n1c(C)cc(C(=O)COC(=O)[C@@H]2CCCN2C(=O)C23CC4CC(CC(C4)C2)C3)c1C. The molecule has 6 rings (SSSR count). The molecule has 4 saturated carbocycles. The quantitative estimate of drug-likeness (QED) is 0.407. The summed E-state index contributed by atoms with van der Waals surface area (Å²) in [6.07, 6.45) is 8.25. The minimum Gasteiger partial charge on any atom is -0.456 e. The summed E-state index contributed by atoms with van der Waals surface area (Å²) < 4.78 is 12.9. The molecule has 0 spiro atoms. The Bertz CT molecular complexity index is 976. The van der Waals surface area contributed by atoms with Gasteiger partial charge in [0.15, 0.2) is 6.61 Å². The summed E-state index contributed by atoms with van der Waals surface area (Å²) in [5, 5.41) is 0. The molecule has 1 amide bonds. The van der Waals surface area contributed by atoms with Crippen molar-refractivity contribution in [3.8, 4) is 0 Å². The van der Waals surface area contributed by atoms with Crippen molar-refractivity contribution < 1.29 is 23.9 Å². The fraction of sp³-hybridized carbons (Fsp3) is 0.750. The van der Waals surface area contributed by atoms with Crippen LogP contribution >= 0.6 is 0 Å². The number of ketones is 1. The second-order valence-electron chi connectivity index (χ2n) is 11.8. The van der Waals surface area contributed by atoms with E-state index in [2.05, 4.69) is 4.57 Å². The van der Waals surface area contributed by atoms with E-state index < -0.39 is 12.0 Å². The monoisotopic (exact) mass is 484 g/mol. The maximum atomic E-state index is 13.8. The van der Waals surface area contributed by atoms with Crippen molar-refractivity contribution in [2.75, 3.05) is 26.9 Å². The maximum Gasteiger partial charge on any atom is 0.329 e. The average molecular weight is 485 g/mol. The first-order valence-corrected chi connectivity index (χ1v) is 13.4. The fourth-order valence-corrected chi connectivity index (χ4v) is 8.30. The standard InChI is InChI=1S/C28H40N2O5/c1-17-8-23(19(3)30(17)18(2)15-34-4)25(31)16-35-26(32)24-6-5-7-29(24)27(33)28-12-20-9-21(13-28)11-22(10-20)14-28/h8,18,20-22,24H,5-7,9-16H2,1-4H3/t18-,20?,21?,22?,24-,28?/m0/s1. The van der Waals surface area contributed by atoms with Crippen LogP contribution in [-0.4, -0.2) is 60.0 Å². The van der Waals surface area contributed by atoms with Gasteiger partial charge in [-0.3, -0.25) is 9.59 Å². The lowest BCUT2D eigenvalue weighted by Crippen LogP contribution is -2.56. The van der Waals surface area contributed by atoms with Gasteiger partial charge in [0, 0.05) is 30.6 Å². The van der Waals surface area contributed by atoms with Gasteiger partial charge in [-0.05, 0) is 96.0 Å². The number of amides is 1. The summed E-state index contributed by atoms with van der Waals surface area (Å²) in [6.45, 7) is 6.80. The maximum absolute atomic E-state index is 13.8. The van der Waals surface area contributed by atoms with Gasteiger partial charge in [-0.25, -0.2) is 4.79 Å². The number of hydrogen-bond acceptors (Lipinski definition) is 5. The van der Waals surface area contributed by atoms with Crippen LogP contribution in [0.15, 0.2) is 6.07 Å². The number of nitrogens with zero attached hydrogens (tertiary/aromatic N) is 2. The van der Waals surface area contributed by atoms with E-state index in [9.17, 15) is 14.4 Å². The first-order valence-electron chi connectivity index (χ1n) is 13.4. The highest BCUT2D eigenvalue weighted by Crippen LogP contribution is 2.60. The van der Waals surface area contributed by atoms with E-state index in [1.165, 1.54) is 19.3 Å². The van der Waals surface area contributed by atoms with Gasteiger partial charge in [-0.1, -0.05) is 0 Å². The van der Waals surface area contributed by atoms with E-state index in [1.807, 2.05) is 26.8 Å². The Balaban J connectivity index is 1.23. The average Bonchev–Trinajstić information content (AvgIpc) is 3.40. The second kappa shape index (κ2) is 9.38. The van der Waals surface area contributed by atoms with E-state index in [1.54, 1.807) is 12.0 Å². The summed E-state index contributed by atoms with van der Waals surface area (Å²) in [7, 11) is 1.66. The lowest BCUT2D eigenvalue weighted by Gasteiger charge is -2.56. The van der Waals surface area contributed by atoms with E-state index in [4.69, 9.17) is 9.47 Å².